The second-order valence-electron chi connectivity index (χ2n) is 3.99. The van der Waals surface area contributed by atoms with E-state index in [2.05, 4.69) is 10.2 Å². The number of hydrogen-bond acceptors (Lipinski definition) is 4. The summed E-state index contributed by atoms with van der Waals surface area (Å²) in [6.45, 7) is 5.19. The summed E-state index contributed by atoms with van der Waals surface area (Å²) in [6, 6.07) is 0. The molecule has 0 aliphatic carbocycles. The fourth-order valence-electron chi connectivity index (χ4n) is 2.03. The quantitative estimate of drug-likeness (QED) is 0.623. The molecule has 0 unspecified atom stereocenters. The first kappa shape index (κ1) is 9.43. The maximum absolute atomic E-state index is 10.9. The third kappa shape index (κ3) is 2.42. The van der Waals surface area contributed by atoms with E-state index in [0.29, 0.717) is 17.4 Å². The fourth-order valence-corrected chi connectivity index (χ4v) is 3.58. The van der Waals surface area contributed by atoms with Crippen LogP contribution in [0.1, 0.15) is 0 Å². The summed E-state index contributed by atoms with van der Waals surface area (Å²) in [5.41, 5.74) is 0. The second-order valence-corrected chi connectivity index (χ2v) is 6.15. The average molecular weight is 204 g/mol. The van der Waals surface area contributed by atoms with Crippen molar-refractivity contribution in [1.29, 1.82) is 0 Å². The van der Waals surface area contributed by atoms with Crippen molar-refractivity contribution in [2.45, 2.75) is 0 Å². The van der Waals surface area contributed by atoms with E-state index in [1.165, 1.54) is 0 Å². The zero-order chi connectivity index (χ0) is 9.31. The van der Waals surface area contributed by atoms with Crippen LogP contribution in [-0.2, 0) is 9.84 Å². The molecule has 1 N–H and O–H groups in total. The van der Waals surface area contributed by atoms with Crippen LogP contribution in [0.25, 0.3) is 0 Å². The summed E-state index contributed by atoms with van der Waals surface area (Å²) in [5.74, 6) is 1.23. The van der Waals surface area contributed by atoms with Crippen LogP contribution < -0.4 is 5.32 Å². The zero-order valence-corrected chi connectivity index (χ0v) is 8.52. The van der Waals surface area contributed by atoms with Crippen molar-refractivity contribution in [3.8, 4) is 0 Å². The third-order valence-corrected chi connectivity index (χ3v) is 4.66. The summed E-state index contributed by atoms with van der Waals surface area (Å²) in [4.78, 5) is 2.36. The molecule has 2 saturated heterocycles. The Morgan fingerprint density at radius 3 is 2.38 bits per heavy atom. The van der Waals surface area contributed by atoms with Gasteiger partial charge in [-0.2, -0.15) is 0 Å². The predicted molar refractivity (Wildman–Crippen MR) is 51.5 cm³/mol. The monoisotopic (exact) mass is 204 g/mol. The summed E-state index contributed by atoms with van der Waals surface area (Å²) in [5, 5.41) is 3.28. The molecule has 0 radical (unpaired) electrons. The molecule has 4 nitrogen and oxygen atoms in total. The molecule has 76 valence electrons. The van der Waals surface area contributed by atoms with Gasteiger partial charge < -0.3 is 10.2 Å². The molecule has 0 saturated carbocycles. The number of piperazine rings is 1. The molecule has 0 aromatic heterocycles. The highest BCUT2D eigenvalue weighted by atomic mass is 32.2. The highest BCUT2D eigenvalue weighted by Crippen LogP contribution is 2.19. The lowest BCUT2D eigenvalue weighted by molar-refractivity contribution is 0.213. The van der Waals surface area contributed by atoms with E-state index >= 15 is 0 Å². The van der Waals surface area contributed by atoms with Crippen molar-refractivity contribution in [3.05, 3.63) is 0 Å². The van der Waals surface area contributed by atoms with Gasteiger partial charge in [0.2, 0.25) is 0 Å². The zero-order valence-electron chi connectivity index (χ0n) is 7.70. The molecular formula is C8H16N2O2S. The van der Waals surface area contributed by atoms with Crippen LogP contribution in [0.5, 0.6) is 0 Å². The van der Waals surface area contributed by atoms with E-state index in [9.17, 15) is 8.42 Å². The summed E-state index contributed by atoms with van der Waals surface area (Å²) in [6.07, 6.45) is 0. The van der Waals surface area contributed by atoms with Gasteiger partial charge in [0.05, 0.1) is 11.5 Å². The number of nitrogens with zero attached hydrogens (tertiary/aromatic N) is 1. The van der Waals surface area contributed by atoms with E-state index < -0.39 is 9.84 Å². The van der Waals surface area contributed by atoms with Gasteiger partial charge in [0.25, 0.3) is 0 Å². The van der Waals surface area contributed by atoms with E-state index in [4.69, 9.17) is 0 Å². The summed E-state index contributed by atoms with van der Waals surface area (Å²) in [7, 11) is -2.62. The van der Waals surface area contributed by atoms with Crippen LogP contribution in [0.4, 0.5) is 0 Å². The third-order valence-electron chi connectivity index (χ3n) is 2.71. The minimum atomic E-state index is -2.62. The Hall–Kier alpha value is -0.130. The van der Waals surface area contributed by atoms with Crippen LogP contribution in [0.15, 0.2) is 0 Å². The van der Waals surface area contributed by atoms with Gasteiger partial charge in [0.15, 0.2) is 9.84 Å². The van der Waals surface area contributed by atoms with E-state index in [-0.39, 0.29) is 0 Å². The first-order chi connectivity index (χ1) is 6.16. The van der Waals surface area contributed by atoms with Gasteiger partial charge in [0, 0.05) is 32.7 Å². The fraction of sp³-hybridized carbons (Fsp3) is 1.00. The number of nitrogens with one attached hydrogen (secondary N) is 1. The Morgan fingerprint density at radius 1 is 1.23 bits per heavy atom. The second kappa shape index (κ2) is 3.55. The van der Waals surface area contributed by atoms with Crippen molar-refractivity contribution >= 4 is 9.84 Å². The molecule has 2 aliphatic rings. The molecule has 0 amide bonds. The van der Waals surface area contributed by atoms with Gasteiger partial charge in [-0.1, -0.05) is 0 Å². The lowest BCUT2D eigenvalue weighted by Crippen LogP contribution is -2.50. The molecule has 2 heterocycles. The topological polar surface area (TPSA) is 49.4 Å². The van der Waals surface area contributed by atoms with Crippen molar-refractivity contribution in [1.82, 2.24) is 10.2 Å². The number of hydrogen-bond donors (Lipinski definition) is 1. The first-order valence-corrected chi connectivity index (χ1v) is 6.61. The van der Waals surface area contributed by atoms with Crippen LogP contribution >= 0.6 is 0 Å². The van der Waals surface area contributed by atoms with Crippen LogP contribution in [0.2, 0.25) is 0 Å². The molecule has 13 heavy (non-hydrogen) atoms. The molecular weight excluding hydrogens is 188 g/mol. The maximum Gasteiger partial charge on any atom is 0.151 e. The van der Waals surface area contributed by atoms with Gasteiger partial charge >= 0.3 is 0 Å². The highest BCUT2D eigenvalue weighted by molar-refractivity contribution is 7.92. The molecule has 2 aliphatic heterocycles. The Morgan fingerprint density at radius 2 is 1.85 bits per heavy atom. The van der Waals surface area contributed by atoms with Crippen molar-refractivity contribution < 1.29 is 8.42 Å². The Labute approximate surface area is 79.2 Å². The summed E-state index contributed by atoms with van der Waals surface area (Å²) >= 11 is 0. The van der Waals surface area contributed by atoms with Gasteiger partial charge in [-0.05, 0) is 5.92 Å². The average Bonchev–Trinajstić information content (AvgIpc) is 2.03. The largest absolute Gasteiger partial charge is 0.314 e. The van der Waals surface area contributed by atoms with Crippen molar-refractivity contribution in [2.24, 2.45) is 5.92 Å². The lowest BCUT2D eigenvalue weighted by Gasteiger charge is -2.34. The Kier molecular flexibility index (Phi) is 2.58. The SMILES string of the molecule is O=S1(=O)CC(CN2CCNCC2)C1. The number of rotatable bonds is 2. The van der Waals surface area contributed by atoms with E-state index in [0.717, 1.165) is 32.7 Å². The minimum absolute atomic E-state index is 0.406. The smallest absolute Gasteiger partial charge is 0.151 e. The van der Waals surface area contributed by atoms with Crippen LogP contribution in [-0.4, -0.2) is 57.5 Å². The molecule has 2 rings (SSSR count). The van der Waals surface area contributed by atoms with E-state index in [1.807, 2.05) is 0 Å². The van der Waals surface area contributed by atoms with Crippen LogP contribution in [0, 0.1) is 5.92 Å². The molecule has 0 atom stereocenters. The van der Waals surface area contributed by atoms with Gasteiger partial charge in [-0.3, -0.25) is 0 Å². The molecule has 2 fully saturated rings. The van der Waals surface area contributed by atoms with Crippen molar-refractivity contribution in [3.63, 3.8) is 0 Å². The molecule has 0 bridgehead atoms. The molecule has 0 spiro atoms. The minimum Gasteiger partial charge on any atom is -0.314 e. The Bertz CT molecular complexity index is 258. The van der Waals surface area contributed by atoms with Crippen LogP contribution in [0.3, 0.4) is 0 Å². The lowest BCUT2D eigenvalue weighted by atomic mass is 10.2. The Balaban J connectivity index is 1.73. The predicted octanol–water partition coefficient (Wildman–Crippen LogP) is -1.06. The highest BCUT2D eigenvalue weighted by Gasteiger charge is 2.34. The molecule has 0 aromatic rings. The normalized spacial score (nSPS) is 29.8. The molecule has 0 aromatic carbocycles. The number of sulfone groups is 1. The maximum atomic E-state index is 10.9. The van der Waals surface area contributed by atoms with Gasteiger partial charge in [0.1, 0.15) is 0 Å². The summed E-state index contributed by atoms with van der Waals surface area (Å²) < 4.78 is 21.8. The van der Waals surface area contributed by atoms with Gasteiger partial charge in [-0.15, -0.1) is 0 Å². The van der Waals surface area contributed by atoms with Gasteiger partial charge in [-0.25, -0.2) is 8.42 Å². The van der Waals surface area contributed by atoms with Crippen molar-refractivity contribution in [2.75, 3.05) is 44.2 Å². The standard InChI is InChI=1S/C8H16N2O2S/c11-13(12)6-8(7-13)5-10-3-1-9-2-4-10/h8-9H,1-7H2. The molecule has 5 heteroatoms. The van der Waals surface area contributed by atoms with E-state index in [1.54, 1.807) is 0 Å². The first-order valence-electron chi connectivity index (χ1n) is 4.79.